The highest BCUT2D eigenvalue weighted by Gasteiger charge is 2.50. The van der Waals surface area contributed by atoms with Gasteiger partial charge in [0.05, 0.1) is 12.7 Å². The molecule has 0 bridgehead atoms. The Hall–Kier alpha value is -2.17. The number of rotatable bonds is 10. The molecular weight excluding hydrogens is 611 g/mol. The molecule has 0 aromatic heterocycles. The topological polar surface area (TPSA) is 88.1 Å². The molecule has 1 aliphatic heterocycles. The van der Waals surface area contributed by atoms with Gasteiger partial charge in [-0.25, -0.2) is 0 Å². The highest BCUT2D eigenvalue weighted by Crippen LogP contribution is 2.43. The average Bonchev–Trinajstić information content (AvgIpc) is 2.83. The van der Waals surface area contributed by atoms with Gasteiger partial charge in [0.25, 0.3) is 0 Å². The van der Waals surface area contributed by atoms with Gasteiger partial charge < -0.3 is 23.7 Å². The van der Waals surface area contributed by atoms with E-state index in [-0.39, 0.29) is 12.2 Å². The molecule has 0 aliphatic carbocycles. The van der Waals surface area contributed by atoms with Crippen molar-refractivity contribution in [2.75, 3.05) is 11.0 Å². The van der Waals surface area contributed by atoms with Crippen molar-refractivity contribution >= 4 is 51.9 Å². The molecule has 1 fully saturated rings. The maximum Gasteiger partial charge on any atom is 0.303 e. The number of halogens is 2. The normalized spacial score (nSPS) is 23.2. The molecule has 5 atom stereocenters. The molecule has 1 heterocycles. The van der Waals surface area contributed by atoms with Crippen LogP contribution in [-0.4, -0.2) is 47.1 Å². The molecule has 1 saturated heterocycles. The predicted molar refractivity (Wildman–Crippen MR) is 148 cm³/mol. The lowest BCUT2D eigenvalue weighted by atomic mass is 9.80. The number of ether oxygens (including phenoxy) is 4. The lowest BCUT2D eigenvalue weighted by molar-refractivity contribution is -0.223. The molecule has 2 aromatic rings. The Morgan fingerprint density at radius 3 is 2.19 bits per heavy atom. The Kier molecular flexibility index (Phi) is 10.8. The maximum absolute atomic E-state index is 12.3. The van der Waals surface area contributed by atoms with Crippen LogP contribution < -0.4 is 4.74 Å². The minimum atomic E-state index is -0.839. The summed E-state index contributed by atoms with van der Waals surface area (Å²) in [5.41, 5.74) is 2.76. The van der Waals surface area contributed by atoms with Gasteiger partial charge in [0, 0.05) is 35.6 Å². The Labute approximate surface area is 236 Å². The Morgan fingerprint density at radius 2 is 1.62 bits per heavy atom. The third kappa shape index (κ3) is 7.91. The van der Waals surface area contributed by atoms with E-state index in [1.807, 2.05) is 49.4 Å². The van der Waals surface area contributed by atoms with Crippen LogP contribution in [0.25, 0.3) is 0 Å². The second kappa shape index (κ2) is 13.6. The number of benzene rings is 2. The van der Waals surface area contributed by atoms with Crippen LogP contribution in [-0.2, 0) is 35.0 Å². The smallest absolute Gasteiger partial charge is 0.303 e. The number of ketones is 1. The van der Waals surface area contributed by atoms with Crippen LogP contribution in [0.5, 0.6) is 5.75 Å². The molecule has 37 heavy (non-hydrogen) atoms. The molecule has 1 aliphatic rings. The Balaban J connectivity index is 1.99. The predicted octanol–water partition coefficient (Wildman–Crippen LogP) is 5.66. The summed E-state index contributed by atoms with van der Waals surface area (Å²) in [6.45, 7) is 6.62. The number of hydrogen-bond acceptors (Lipinski definition) is 7. The van der Waals surface area contributed by atoms with Gasteiger partial charge in [0.2, 0.25) is 0 Å². The van der Waals surface area contributed by atoms with Gasteiger partial charge in [-0.3, -0.25) is 9.59 Å². The zero-order valence-electron chi connectivity index (χ0n) is 21.4. The van der Waals surface area contributed by atoms with Gasteiger partial charge in [0.15, 0.2) is 6.10 Å². The summed E-state index contributed by atoms with van der Waals surface area (Å²) >= 11 is 8.73. The summed E-state index contributed by atoms with van der Waals surface area (Å²) in [6.07, 6.45) is -2.10. The minimum Gasteiger partial charge on any atom is -0.494 e. The van der Waals surface area contributed by atoms with Crippen LogP contribution in [0, 0.1) is 5.92 Å². The van der Waals surface area contributed by atoms with E-state index >= 15 is 0 Å². The van der Waals surface area contributed by atoms with Crippen molar-refractivity contribution in [1.82, 2.24) is 0 Å². The summed E-state index contributed by atoms with van der Waals surface area (Å²) in [5, 5.41) is 0.608. The van der Waals surface area contributed by atoms with Gasteiger partial charge in [-0.2, -0.15) is 0 Å². The van der Waals surface area contributed by atoms with Crippen molar-refractivity contribution in [2.24, 2.45) is 5.92 Å². The Morgan fingerprint density at radius 1 is 0.973 bits per heavy atom. The fourth-order valence-corrected chi connectivity index (χ4v) is 5.57. The number of carbonyl (C=O) groups excluding carboxylic acids is 3. The van der Waals surface area contributed by atoms with Gasteiger partial charge in [-0.05, 0) is 55.2 Å². The van der Waals surface area contributed by atoms with Crippen molar-refractivity contribution in [3.8, 4) is 5.75 Å². The lowest BCUT2D eigenvalue weighted by Gasteiger charge is -2.45. The summed E-state index contributed by atoms with van der Waals surface area (Å²) in [7, 11) is 0. The average molecular weight is 643 g/mol. The number of alkyl halides is 1. The molecule has 0 saturated carbocycles. The molecule has 0 radical (unpaired) electrons. The van der Waals surface area contributed by atoms with Crippen LogP contribution in [0.3, 0.4) is 0 Å². The number of carbonyl (C=O) groups is 3. The summed E-state index contributed by atoms with van der Waals surface area (Å²) in [5.74, 6) is -0.864. The first-order valence-electron chi connectivity index (χ1n) is 12.2. The molecule has 0 spiro atoms. The van der Waals surface area contributed by atoms with Crippen molar-refractivity contribution < 1.29 is 33.3 Å². The van der Waals surface area contributed by atoms with Gasteiger partial charge in [0.1, 0.15) is 23.7 Å². The van der Waals surface area contributed by atoms with E-state index in [2.05, 4.69) is 22.6 Å². The van der Waals surface area contributed by atoms with Gasteiger partial charge in [-0.15, -0.1) is 0 Å². The molecule has 5 unspecified atom stereocenters. The number of esters is 2. The van der Waals surface area contributed by atoms with Crippen molar-refractivity contribution in [1.29, 1.82) is 0 Å². The highest BCUT2D eigenvalue weighted by molar-refractivity contribution is 14.1. The van der Waals surface area contributed by atoms with Crippen molar-refractivity contribution in [2.45, 2.75) is 65.0 Å². The molecule has 7 nitrogen and oxygen atoms in total. The van der Waals surface area contributed by atoms with Gasteiger partial charge in [-0.1, -0.05) is 58.5 Å². The fraction of sp³-hybridized carbons (Fsp3) is 0.464. The van der Waals surface area contributed by atoms with E-state index in [0.717, 1.165) is 22.4 Å². The molecule has 200 valence electrons. The highest BCUT2D eigenvalue weighted by atomic mass is 127. The van der Waals surface area contributed by atoms with Crippen LogP contribution in [0.2, 0.25) is 5.02 Å². The summed E-state index contributed by atoms with van der Waals surface area (Å²) in [4.78, 5) is 36.3. The molecular formula is C28H32ClIO7. The van der Waals surface area contributed by atoms with E-state index < -0.39 is 42.3 Å². The quantitative estimate of drug-likeness (QED) is 0.188. The van der Waals surface area contributed by atoms with E-state index in [1.54, 1.807) is 0 Å². The van der Waals surface area contributed by atoms with Crippen LogP contribution in [0.15, 0.2) is 42.5 Å². The number of Topliss-reactive ketones (excluding diaryl/α,β-unsaturated/α-hetero) is 1. The molecule has 3 rings (SSSR count). The van der Waals surface area contributed by atoms with Gasteiger partial charge >= 0.3 is 11.9 Å². The van der Waals surface area contributed by atoms with Crippen molar-refractivity contribution in [3.05, 3.63) is 64.2 Å². The minimum absolute atomic E-state index is 0.0885. The van der Waals surface area contributed by atoms with Crippen LogP contribution >= 0.6 is 34.2 Å². The van der Waals surface area contributed by atoms with Crippen molar-refractivity contribution in [3.63, 3.8) is 0 Å². The fourth-order valence-electron chi connectivity index (χ4n) is 4.68. The first kappa shape index (κ1) is 29.4. The van der Waals surface area contributed by atoms with E-state index in [4.69, 9.17) is 30.5 Å². The monoisotopic (exact) mass is 642 g/mol. The van der Waals surface area contributed by atoms with Crippen LogP contribution in [0.1, 0.15) is 56.9 Å². The Bertz CT molecular complexity index is 1100. The maximum atomic E-state index is 12.3. The molecule has 9 heteroatoms. The summed E-state index contributed by atoms with van der Waals surface area (Å²) < 4.78 is 23.7. The summed E-state index contributed by atoms with van der Waals surface area (Å²) in [6, 6.07) is 13.5. The zero-order chi connectivity index (χ0) is 27.1. The molecule has 2 aromatic carbocycles. The SMILES string of the molecule is CCOc1ccc(Cc2cc(C3OC(CI)C(OC(C)=O)C(OC(C)=O)C3CC(C)=O)ccc2Cl)cc1. The zero-order valence-corrected chi connectivity index (χ0v) is 24.3. The first-order valence-corrected chi connectivity index (χ1v) is 14.1. The largest absolute Gasteiger partial charge is 0.494 e. The first-order chi connectivity index (χ1) is 17.6. The van der Waals surface area contributed by atoms with E-state index in [1.165, 1.54) is 20.8 Å². The standard InChI is InChI=1S/C28H32ClIO7/c1-5-34-22-9-6-19(7-10-22)13-21-14-20(8-11-24(21)29)26-23(12-16(2)31)27(35-17(3)32)28(36-18(4)33)25(15-30)37-26/h6-11,14,23,25-28H,5,12-13,15H2,1-4H3. The lowest BCUT2D eigenvalue weighted by Crippen LogP contribution is -2.55. The van der Waals surface area contributed by atoms with E-state index in [0.29, 0.717) is 22.5 Å². The second-order valence-corrected chi connectivity index (χ2v) is 10.4. The van der Waals surface area contributed by atoms with E-state index in [9.17, 15) is 14.4 Å². The van der Waals surface area contributed by atoms with Crippen LogP contribution in [0.4, 0.5) is 0 Å². The number of hydrogen-bond donors (Lipinski definition) is 0. The third-order valence-electron chi connectivity index (χ3n) is 6.13. The third-order valence-corrected chi connectivity index (χ3v) is 7.37. The molecule has 0 amide bonds. The molecule has 0 N–H and O–H groups in total. The second-order valence-electron chi connectivity index (χ2n) is 9.07.